The molecule has 2 aliphatic rings. The molecule has 2 fully saturated rings. The third kappa shape index (κ3) is 3.31. The van der Waals surface area contributed by atoms with Crippen LogP contribution in [0.1, 0.15) is 33.9 Å². The SMILES string of the molecule is CCO[P@]1OC[C@H]2O[C@@H](n3cnc4c(OC(C)C)nc(N)nc43)[C@](C)(F)[C@@H]2O1. The van der Waals surface area contributed by atoms with E-state index in [1.807, 2.05) is 20.8 Å². The molecular weight excluding hydrogens is 392 g/mol. The van der Waals surface area contributed by atoms with Gasteiger partial charge < -0.3 is 28.8 Å². The largest absolute Gasteiger partial charge is 0.473 e. The number of aromatic nitrogens is 4. The third-order valence-electron chi connectivity index (χ3n) is 4.47. The van der Waals surface area contributed by atoms with Crippen molar-refractivity contribution in [1.82, 2.24) is 19.5 Å². The molecule has 0 aromatic carbocycles. The summed E-state index contributed by atoms with van der Waals surface area (Å²) in [6.07, 6.45) is -1.15. The Morgan fingerprint density at radius 1 is 1.46 bits per heavy atom. The lowest BCUT2D eigenvalue weighted by molar-refractivity contribution is -0.0619. The van der Waals surface area contributed by atoms with Crippen LogP contribution in [0.25, 0.3) is 11.2 Å². The average Bonchev–Trinajstić information content (AvgIpc) is 3.13. The van der Waals surface area contributed by atoms with E-state index in [9.17, 15) is 0 Å². The summed E-state index contributed by atoms with van der Waals surface area (Å²) in [6, 6.07) is 0. The number of alkyl halides is 1. The summed E-state index contributed by atoms with van der Waals surface area (Å²) in [5.74, 6) is 0.243. The first-order valence-electron chi connectivity index (χ1n) is 9.05. The summed E-state index contributed by atoms with van der Waals surface area (Å²) in [6.45, 7) is 7.56. The van der Waals surface area contributed by atoms with E-state index < -0.39 is 32.7 Å². The van der Waals surface area contributed by atoms with Crippen molar-refractivity contribution in [3.63, 3.8) is 0 Å². The van der Waals surface area contributed by atoms with Crippen LogP contribution in [-0.4, -0.2) is 56.7 Å². The van der Waals surface area contributed by atoms with Crippen LogP contribution < -0.4 is 10.5 Å². The van der Waals surface area contributed by atoms with Crippen molar-refractivity contribution in [2.75, 3.05) is 18.9 Å². The number of fused-ring (bicyclic) bond motifs is 2. The number of hydrogen-bond acceptors (Lipinski definition) is 9. The van der Waals surface area contributed by atoms with Crippen LogP contribution in [0, 0.1) is 0 Å². The highest BCUT2D eigenvalue weighted by atomic mass is 31.2. The van der Waals surface area contributed by atoms with E-state index in [2.05, 4.69) is 15.0 Å². The van der Waals surface area contributed by atoms with Crippen molar-refractivity contribution < 1.29 is 27.4 Å². The van der Waals surface area contributed by atoms with Crippen LogP contribution >= 0.6 is 8.60 Å². The van der Waals surface area contributed by atoms with Gasteiger partial charge in [0.05, 0.1) is 25.6 Å². The minimum absolute atomic E-state index is 0.000300. The zero-order chi connectivity index (χ0) is 20.1. The summed E-state index contributed by atoms with van der Waals surface area (Å²) in [5.41, 5.74) is 4.65. The predicted molar refractivity (Wildman–Crippen MR) is 98.3 cm³/mol. The molecule has 0 saturated carbocycles. The Morgan fingerprint density at radius 3 is 2.96 bits per heavy atom. The van der Waals surface area contributed by atoms with Crippen molar-refractivity contribution in [3.8, 4) is 5.88 Å². The Kier molecular flexibility index (Phi) is 5.13. The average molecular weight is 415 g/mol. The molecule has 0 amide bonds. The molecule has 0 unspecified atom stereocenters. The van der Waals surface area contributed by atoms with Gasteiger partial charge in [-0.1, -0.05) is 0 Å². The van der Waals surface area contributed by atoms with E-state index in [1.54, 1.807) is 0 Å². The zero-order valence-corrected chi connectivity index (χ0v) is 16.9. The van der Waals surface area contributed by atoms with Crippen molar-refractivity contribution in [3.05, 3.63) is 6.33 Å². The van der Waals surface area contributed by atoms with Crippen LogP contribution in [0.4, 0.5) is 10.3 Å². The zero-order valence-electron chi connectivity index (χ0n) is 16.0. The first kappa shape index (κ1) is 19.7. The molecule has 0 bridgehead atoms. The fourth-order valence-corrected chi connectivity index (χ4v) is 4.53. The summed E-state index contributed by atoms with van der Waals surface area (Å²) >= 11 is 0. The van der Waals surface area contributed by atoms with E-state index in [0.29, 0.717) is 17.8 Å². The molecule has 0 spiro atoms. The monoisotopic (exact) mass is 415 g/mol. The Morgan fingerprint density at radius 2 is 2.25 bits per heavy atom. The summed E-state index contributed by atoms with van der Waals surface area (Å²) < 4.78 is 45.5. The molecule has 4 rings (SSSR count). The van der Waals surface area contributed by atoms with Crippen molar-refractivity contribution >= 4 is 25.7 Å². The lowest BCUT2D eigenvalue weighted by atomic mass is 9.98. The molecule has 0 radical (unpaired) electrons. The molecule has 5 atom stereocenters. The Bertz CT molecular complexity index is 865. The molecule has 2 aromatic heterocycles. The molecular formula is C16H23FN5O5P. The number of nitrogens with zero attached hydrogens (tertiary/aromatic N) is 4. The Hall–Kier alpha value is -1.65. The lowest BCUT2D eigenvalue weighted by Gasteiger charge is -2.33. The van der Waals surface area contributed by atoms with Gasteiger partial charge in [0.15, 0.2) is 23.1 Å². The van der Waals surface area contributed by atoms with Gasteiger partial charge in [-0.15, -0.1) is 0 Å². The van der Waals surface area contributed by atoms with Crippen LogP contribution in [0.2, 0.25) is 0 Å². The number of rotatable bonds is 5. The normalized spacial score (nSPS) is 32.8. The molecule has 2 N–H and O–H groups in total. The van der Waals surface area contributed by atoms with Gasteiger partial charge in [-0.2, -0.15) is 9.97 Å². The van der Waals surface area contributed by atoms with Gasteiger partial charge in [-0.05, 0) is 27.7 Å². The van der Waals surface area contributed by atoms with E-state index in [0.717, 1.165) is 0 Å². The van der Waals surface area contributed by atoms with Gasteiger partial charge in [0.1, 0.15) is 12.2 Å². The van der Waals surface area contributed by atoms with Crippen LogP contribution in [0.3, 0.4) is 0 Å². The van der Waals surface area contributed by atoms with Gasteiger partial charge in [0, 0.05) is 0 Å². The molecule has 2 saturated heterocycles. The lowest BCUT2D eigenvalue weighted by Crippen LogP contribution is -2.44. The highest BCUT2D eigenvalue weighted by Gasteiger charge is 2.59. The maximum Gasteiger partial charge on any atom is 0.333 e. The minimum Gasteiger partial charge on any atom is -0.473 e. The van der Waals surface area contributed by atoms with E-state index in [4.69, 9.17) is 28.8 Å². The van der Waals surface area contributed by atoms with E-state index in [1.165, 1.54) is 17.8 Å². The second kappa shape index (κ2) is 7.31. The number of halogens is 1. The first-order valence-corrected chi connectivity index (χ1v) is 10.1. The van der Waals surface area contributed by atoms with Gasteiger partial charge in [0.25, 0.3) is 0 Å². The minimum atomic E-state index is -1.88. The van der Waals surface area contributed by atoms with Gasteiger partial charge in [-0.25, -0.2) is 9.37 Å². The molecule has 10 nitrogen and oxygen atoms in total. The molecule has 0 aliphatic carbocycles. The Labute approximate surface area is 162 Å². The molecule has 28 heavy (non-hydrogen) atoms. The van der Waals surface area contributed by atoms with Crippen molar-refractivity contribution in [2.24, 2.45) is 0 Å². The smallest absolute Gasteiger partial charge is 0.333 e. The number of anilines is 1. The summed E-state index contributed by atoms with van der Waals surface area (Å²) in [4.78, 5) is 12.6. The molecule has 2 aliphatic heterocycles. The highest BCUT2D eigenvalue weighted by molar-refractivity contribution is 7.41. The van der Waals surface area contributed by atoms with Crippen molar-refractivity contribution in [1.29, 1.82) is 0 Å². The number of ether oxygens (including phenoxy) is 2. The van der Waals surface area contributed by atoms with Crippen LogP contribution in [0.15, 0.2) is 6.33 Å². The van der Waals surface area contributed by atoms with Gasteiger partial charge in [0.2, 0.25) is 11.8 Å². The fraction of sp³-hybridized carbons (Fsp3) is 0.688. The quantitative estimate of drug-likeness (QED) is 0.735. The molecule has 2 aromatic rings. The number of hydrogen-bond donors (Lipinski definition) is 1. The standard InChI is InChI=1S/C16H23FN5O5P/c1-5-23-28-24-6-9-11(27-28)16(4,17)14(26-9)22-7-19-10-12(22)20-15(18)21-13(10)25-8(2)3/h7-9,11,14H,5-6H2,1-4H3,(H2,18,20,21)/t9-,11-,14-,16-,28-/m1/s1. The highest BCUT2D eigenvalue weighted by Crippen LogP contribution is 2.54. The third-order valence-corrected chi connectivity index (χ3v) is 5.69. The molecule has 4 heterocycles. The van der Waals surface area contributed by atoms with Crippen LogP contribution in [-0.2, 0) is 18.3 Å². The van der Waals surface area contributed by atoms with E-state index in [-0.39, 0.29) is 24.5 Å². The predicted octanol–water partition coefficient (Wildman–Crippen LogP) is 2.50. The first-order chi connectivity index (χ1) is 13.3. The molecule has 12 heteroatoms. The van der Waals surface area contributed by atoms with Crippen LogP contribution in [0.5, 0.6) is 5.88 Å². The van der Waals surface area contributed by atoms with Gasteiger partial charge >= 0.3 is 8.60 Å². The Balaban J connectivity index is 1.69. The van der Waals surface area contributed by atoms with Gasteiger partial charge in [-0.3, -0.25) is 4.57 Å². The fourth-order valence-electron chi connectivity index (χ4n) is 3.32. The topological polar surface area (TPSA) is 116 Å². The van der Waals surface area contributed by atoms with Crippen molar-refractivity contribution in [2.45, 2.75) is 57.9 Å². The second-order valence-corrected chi connectivity index (χ2v) is 8.19. The summed E-state index contributed by atoms with van der Waals surface area (Å²) in [5, 5.41) is 0. The maximum absolute atomic E-state index is 15.8. The number of nitrogen functional groups attached to an aromatic ring is 1. The maximum atomic E-state index is 15.8. The molecule has 154 valence electrons. The number of imidazole rings is 1. The van der Waals surface area contributed by atoms with E-state index >= 15 is 4.39 Å². The summed E-state index contributed by atoms with van der Waals surface area (Å²) in [7, 11) is -1.60. The second-order valence-electron chi connectivity index (χ2n) is 7.02. The number of nitrogens with two attached hydrogens (primary N) is 1.